The minimum atomic E-state index is -0.998. The molecule has 0 aliphatic carbocycles. The first-order valence-electron chi connectivity index (χ1n) is 6.66. The van der Waals surface area contributed by atoms with E-state index >= 15 is 0 Å². The van der Waals surface area contributed by atoms with Gasteiger partial charge in [0.15, 0.2) is 11.6 Å². The minimum Gasteiger partial charge on any atom is -0.465 e. The maximum atomic E-state index is 13.2. The Kier molecular flexibility index (Phi) is 6.65. The first-order valence-corrected chi connectivity index (χ1v) is 6.66. The summed E-state index contributed by atoms with van der Waals surface area (Å²) < 4.78 is 27.8. The summed E-state index contributed by atoms with van der Waals surface area (Å²) in [7, 11) is 0. The number of hydrogen-bond donors (Lipinski definition) is 0. The molecule has 0 aliphatic rings. The van der Waals surface area contributed by atoms with Crippen molar-refractivity contribution < 1.29 is 28.2 Å². The van der Waals surface area contributed by atoms with Crippen LogP contribution in [0.5, 0.6) is 5.75 Å². The number of halogens is 1. The van der Waals surface area contributed by atoms with Crippen LogP contribution in [-0.4, -0.2) is 25.3 Å². The van der Waals surface area contributed by atoms with Gasteiger partial charge in [0.05, 0.1) is 12.5 Å². The van der Waals surface area contributed by atoms with E-state index in [1.807, 2.05) is 0 Å². The lowest BCUT2D eigenvalue weighted by molar-refractivity contribution is -0.148. The van der Waals surface area contributed by atoms with Crippen molar-refractivity contribution in [1.29, 1.82) is 0 Å². The van der Waals surface area contributed by atoms with Crippen molar-refractivity contribution in [2.24, 2.45) is 11.8 Å². The van der Waals surface area contributed by atoms with E-state index in [-0.39, 0.29) is 36.8 Å². The van der Waals surface area contributed by atoms with Crippen LogP contribution in [0.3, 0.4) is 0 Å². The van der Waals surface area contributed by atoms with E-state index in [0.717, 1.165) is 0 Å². The van der Waals surface area contributed by atoms with Crippen molar-refractivity contribution in [1.82, 2.24) is 0 Å². The van der Waals surface area contributed by atoms with E-state index in [1.54, 1.807) is 26.8 Å². The molecule has 1 atom stereocenters. The smallest absolute Gasteiger partial charge is 0.465 e. The first-order chi connectivity index (χ1) is 9.90. The number of esters is 1. The van der Waals surface area contributed by atoms with Crippen LogP contribution in [0.2, 0.25) is 0 Å². The molecule has 0 fully saturated rings. The molecule has 1 aromatic rings. The fourth-order valence-corrected chi connectivity index (χ4v) is 1.30. The van der Waals surface area contributed by atoms with Gasteiger partial charge in [0.2, 0.25) is 0 Å². The van der Waals surface area contributed by atoms with Crippen LogP contribution in [0.15, 0.2) is 24.3 Å². The highest BCUT2D eigenvalue weighted by Gasteiger charge is 2.14. The summed E-state index contributed by atoms with van der Waals surface area (Å²) in [6.07, 6.45) is -0.998. The van der Waals surface area contributed by atoms with Crippen molar-refractivity contribution in [3.8, 4) is 5.75 Å². The molecule has 6 heteroatoms. The fraction of sp³-hybridized carbons (Fsp3) is 0.467. The summed E-state index contributed by atoms with van der Waals surface area (Å²) in [6.45, 7) is 5.37. The zero-order valence-electron chi connectivity index (χ0n) is 12.3. The van der Waals surface area contributed by atoms with E-state index < -0.39 is 12.0 Å². The van der Waals surface area contributed by atoms with Crippen molar-refractivity contribution in [3.05, 3.63) is 30.1 Å². The van der Waals surface area contributed by atoms with Crippen LogP contribution < -0.4 is 4.74 Å². The van der Waals surface area contributed by atoms with Crippen LogP contribution in [0.1, 0.15) is 20.8 Å². The Labute approximate surface area is 123 Å². The van der Waals surface area contributed by atoms with Gasteiger partial charge in [-0.2, -0.15) is 0 Å². The highest BCUT2D eigenvalue weighted by atomic mass is 19.1. The number of rotatable bonds is 6. The minimum absolute atomic E-state index is 0.0126. The van der Waals surface area contributed by atoms with Crippen molar-refractivity contribution in [2.75, 3.05) is 13.2 Å². The van der Waals surface area contributed by atoms with Crippen molar-refractivity contribution in [3.63, 3.8) is 0 Å². The van der Waals surface area contributed by atoms with E-state index in [4.69, 9.17) is 14.2 Å². The standard InChI is InChI=1S/C15H19FO5/c1-10(2)14(17)19-8-11(3)9-20-15(18)21-13-7-5-4-6-12(13)16/h4-7,10-11H,8-9H2,1-3H3. The SMILES string of the molecule is CC(COC(=O)Oc1ccccc1F)COC(=O)C(C)C. The summed E-state index contributed by atoms with van der Waals surface area (Å²) in [4.78, 5) is 22.7. The molecule has 0 radical (unpaired) electrons. The average Bonchev–Trinajstić information content (AvgIpc) is 2.44. The molecule has 0 amide bonds. The lowest BCUT2D eigenvalue weighted by Crippen LogP contribution is -2.21. The highest BCUT2D eigenvalue weighted by Crippen LogP contribution is 2.16. The Morgan fingerprint density at radius 2 is 1.71 bits per heavy atom. The largest absolute Gasteiger partial charge is 0.513 e. The van der Waals surface area contributed by atoms with Crippen LogP contribution in [-0.2, 0) is 14.3 Å². The zero-order valence-corrected chi connectivity index (χ0v) is 12.3. The molecule has 1 aromatic carbocycles. The van der Waals surface area contributed by atoms with E-state index in [1.165, 1.54) is 18.2 Å². The number of benzene rings is 1. The highest BCUT2D eigenvalue weighted by molar-refractivity contribution is 5.71. The van der Waals surface area contributed by atoms with Gasteiger partial charge in [-0.3, -0.25) is 4.79 Å². The Morgan fingerprint density at radius 1 is 1.10 bits per heavy atom. The molecule has 1 unspecified atom stereocenters. The van der Waals surface area contributed by atoms with Crippen LogP contribution in [0, 0.1) is 17.7 Å². The van der Waals surface area contributed by atoms with Crippen molar-refractivity contribution >= 4 is 12.1 Å². The maximum Gasteiger partial charge on any atom is 0.513 e. The van der Waals surface area contributed by atoms with Gasteiger partial charge < -0.3 is 14.2 Å². The Bertz CT molecular complexity index is 487. The molecule has 0 bridgehead atoms. The average molecular weight is 298 g/mol. The van der Waals surface area contributed by atoms with Gasteiger partial charge in [-0.1, -0.05) is 32.9 Å². The van der Waals surface area contributed by atoms with Crippen LogP contribution in [0.4, 0.5) is 9.18 Å². The molecule has 1 rings (SSSR count). The Hall–Kier alpha value is -2.11. The van der Waals surface area contributed by atoms with E-state index in [0.29, 0.717) is 0 Å². The van der Waals surface area contributed by atoms with Crippen LogP contribution in [0.25, 0.3) is 0 Å². The van der Waals surface area contributed by atoms with Crippen molar-refractivity contribution in [2.45, 2.75) is 20.8 Å². The molecular weight excluding hydrogens is 279 g/mol. The number of carbonyl (C=O) groups excluding carboxylic acids is 2. The molecule has 0 aliphatic heterocycles. The summed E-state index contributed by atoms with van der Waals surface area (Å²) in [5.74, 6) is -1.53. The van der Waals surface area contributed by atoms with E-state index in [2.05, 4.69) is 0 Å². The number of para-hydroxylation sites is 1. The number of hydrogen-bond acceptors (Lipinski definition) is 5. The van der Waals surface area contributed by atoms with Gasteiger partial charge in [0.25, 0.3) is 0 Å². The van der Waals surface area contributed by atoms with Gasteiger partial charge in [-0.15, -0.1) is 0 Å². The van der Waals surface area contributed by atoms with Gasteiger partial charge >= 0.3 is 12.1 Å². The normalized spacial score (nSPS) is 11.9. The summed E-state index contributed by atoms with van der Waals surface area (Å²) in [5.41, 5.74) is 0. The quantitative estimate of drug-likeness (QED) is 0.596. The number of ether oxygens (including phenoxy) is 3. The second-order valence-electron chi connectivity index (χ2n) is 4.98. The molecule has 116 valence electrons. The fourth-order valence-electron chi connectivity index (χ4n) is 1.30. The zero-order chi connectivity index (χ0) is 15.8. The second kappa shape index (κ2) is 8.24. The topological polar surface area (TPSA) is 61.8 Å². The van der Waals surface area contributed by atoms with E-state index in [9.17, 15) is 14.0 Å². The van der Waals surface area contributed by atoms with Gasteiger partial charge in [0.1, 0.15) is 6.61 Å². The molecule has 0 saturated carbocycles. The first kappa shape index (κ1) is 16.9. The lowest BCUT2D eigenvalue weighted by Gasteiger charge is -2.13. The molecular formula is C15H19FO5. The number of carbonyl (C=O) groups is 2. The predicted molar refractivity (Wildman–Crippen MR) is 73.3 cm³/mol. The Balaban J connectivity index is 2.30. The molecule has 0 spiro atoms. The molecule has 0 saturated heterocycles. The maximum absolute atomic E-state index is 13.2. The summed E-state index contributed by atoms with van der Waals surface area (Å²) >= 11 is 0. The molecule has 0 aromatic heterocycles. The molecule has 0 heterocycles. The van der Waals surface area contributed by atoms with Gasteiger partial charge in [0, 0.05) is 5.92 Å². The second-order valence-corrected chi connectivity index (χ2v) is 4.98. The summed E-state index contributed by atoms with van der Waals surface area (Å²) in [6, 6.07) is 5.53. The Morgan fingerprint density at radius 3 is 2.33 bits per heavy atom. The predicted octanol–water partition coefficient (Wildman–Crippen LogP) is 3.18. The van der Waals surface area contributed by atoms with Gasteiger partial charge in [-0.25, -0.2) is 9.18 Å². The molecule has 5 nitrogen and oxygen atoms in total. The molecule has 0 N–H and O–H groups in total. The third kappa shape index (κ3) is 6.25. The third-order valence-corrected chi connectivity index (χ3v) is 2.50. The lowest BCUT2D eigenvalue weighted by atomic mass is 10.2. The third-order valence-electron chi connectivity index (χ3n) is 2.50. The van der Waals surface area contributed by atoms with Crippen LogP contribution >= 0.6 is 0 Å². The monoisotopic (exact) mass is 298 g/mol. The summed E-state index contributed by atoms with van der Waals surface area (Å²) in [5, 5.41) is 0. The molecule has 21 heavy (non-hydrogen) atoms. The van der Waals surface area contributed by atoms with Gasteiger partial charge in [-0.05, 0) is 12.1 Å².